The summed E-state index contributed by atoms with van der Waals surface area (Å²) < 4.78 is 0. The second kappa shape index (κ2) is 5.52. The number of nitrogens with one attached hydrogen (secondary N) is 1. The molecule has 94 valence electrons. The molecule has 0 amide bonds. The monoisotopic (exact) mass is 235 g/mol. The van der Waals surface area contributed by atoms with Crippen LogP contribution in [-0.2, 0) is 0 Å². The fraction of sp³-hybridized carbons (Fsp3) is 0.571. The molecule has 0 aliphatic heterocycles. The maximum Gasteiger partial charge on any atom is 0.115 e. The van der Waals surface area contributed by atoms with E-state index in [1.807, 2.05) is 12.1 Å². The quantitative estimate of drug-likeness (QED) is 0.750. The molecule has 1 aliphatic rings. The van der Waals surface area contributed by atoms with E-state index in [4.69, 9.17) is 0 Å². The molecule has 2 rings (SSSR count). The van der Waals surface area contributed by atoms with Gasteiger partial charge in [0.15, 0.2) is 0 Å². The lowest BCUT2D eigenvalue weighted by Crippen LogP contribution is -2.35. The van der Waals surface area contributed by atoms with Gasteiger partial charge in [-0.25, -0.2) is 0 Å². The zero-order valence-corrected chi connectivity index (χ0v) is 10.3. The minimum Gasteiger partial charge on any atom is -0.508 e. The number of aromatic hydroxyl groups is 1. The number of hydrogen-bond acceptors (Lipinski definition) is 3. The first kappa shape index (κ1) is 12.4. The van der Waals surface area contributed by atoms with Gasteiger partial charge in [0.25, 0.3) is 0 Å². The van der Waals surface area contributed by atoms with Crippen molar-refractivity contribution in [2.24, 2.45) is 5.92 Å². The minimum absolute atomic E-state index is 0.208. The van der Waals surface area contributed by atoms with Crippen LogP contribution < -0.4 is 5.32 Å². The van der Waals surface area contributed by atoms with Gasteiger partial charge in [-0.05, 0) is 43.4 Å². The van der Waals surface area contributed by atoms with Crippen molar-refractivity contribution in [3.05, 3.63) is 29.8 Å². The van der Waals surface area contributed by atoms with E-state index in [2.05, 4.69) is 12.2 Å². The van der Waals surface area contributed by atoms with E-state index in [1.54, 1.807) is 12.1 Å². The normalized spacial score (nSPS) is 26.0. The van der Waals surface area contributed by atoms with Crippen molar-refractivity contribution in [2.75, 3.05) is 6.61 Å². The molecule has 3 unspecified atom stereocenters. The Balaban J connectivity index is 1.99. The van der Waals surface area contributed by atoms with E-state index in [9.17, 15) is 10.2 Å². The van der Waals surface area contributed by atoms with Crippen molar-refractivity contribution < 1.29 is 10.2 Å². The van der Waals surface area contributed by atoms with Gasteiger partial charge in [-0.1, -0.05) is 18.6 Å². The lowest BCUT2D eigenvalue weighted by atomic mass is 10.0. The number of aliphatic hydroxyl groups is 1. The molecule has 0 heterocycles. The molecule has 0 saturated heterocycles. The number of phenols is 1. The van der Waals surface area contributed by atoms with E-state index in [-0.39, 0.29) is 12.6 Å². The van der Waals surface area contributed by atoms with Crippen LogP contribution in [0.5, 0.6) is 5.75 Å². The molecule has 0 radical (unpaired) electrons. The fourth-order valence-electron chi connectivity index (χ4n) is 2.69. The molecule has 1 aromatic rings. The summed E-state index contributed by atoms with van der Waals surface area (Å²) in [7, 11) is 0. The second-order valence-corrected chi connectivity index (χ2v) is 4.96. The van der Waals surface area contributed by atoms with Crippen molar-refractivity contribution in [1.29, 1.82) is 0 Å². The molecular weight excluding hydrogens is 214 g/mol. The van der Waals surface area contributed by atoms with Crippen LogP contribution in [0.25, 0.3) is 0 Å². The Morgan fingerprint density at radius 2 is 2.24 bits per heavy atom. The second-order valence-electron chi connectivity index (χ2n) is 4.96. The molecule has 3 N–H and O–H groups in total. The third kappa shape index (κ3) is 2.99. The van der Waals surface area contributed by atoms with Crippen LogP contribution >= 0.6 is 0 Å². The van der Waals surface area contributed by atoms with Crippen molar-refractivity contribution in [3.63, 3.8) is 0 Å². The van der Waals surface area contributed by atoms with Gasteiger partial charge in [0.05, 0.1) is 0 Å². The van der Waals surface area contributed by atoms with E-state index in [1.165, 1.54) is 6.42 Å². The third-order valence-corrected chi connectivity index (χ3v) is 3.73. The summed E-state index contributed by atoms with van der Waals surface area (Å²) in [5.41, 5.74) is 1.09. The van der Waals surface area contributed by atoms with Crippen molar-refractivity contribution in [3.8, 4) is 5.75 Å². The van der Waals surface area contributed by atoms with E-state index in [0.717, 1.165) is 18.4 Å². The Bertz CT molecular complexity index is 367. The van der Waals surface area contributed by atoms with E-state index < -0.39 is 0 Å². The summed E-state index contributed by atoms with van der Waals surface area (Å²) in [6.45, 7) is 2.37. The maximum atomic E-state index is 9.45. The van der Waals surface area contributed by atoms with E-state index in [0.29, 0.717) is 17.7 Å². The maximum absolute atomic E-state index is 9.45. The number of rotatable bonds is 4. The van der Waals surface area contributed by atoms with Gasteiger partial charge >= 0.3 is 0 Å². The summed E-state index contributed by atoms with van der Waals surface area (Å²) in [6.07, 6.45) is 3.44. The Kier molecular flexibility index (Phi) is 4.02. The highest BCUT2D eigenvalue weighted by Gasteiger charge is 2.27. The minimum atomic E-state index is 0.208. The van der Waals surface area contributed by atoms with Crippen LogP contribution in [0.3, 0.4) is 0 Å². The van der Waals surface area contributed by atoms with Gasteiger partial charge in [-0.15, -0.1) is 0 Å². The number of benzene rings is 1. The SMILES string of the molecule is CC(NC1CCCC1CO)c1cccc(O)c1. The predicted octanol–water partition coefficient (Wildman–Crippen LogP) is 2.20. The van der Waals surface area contributed by atoms with Crippen molar-refractivity contribution in [2.45, 2.75) is 38.3 Å². The van der Waals surface area contributed by atoms with Gasteiger partial charge < -0.3 is 15.5 Å². The molecule has 17 heavy (non-hydrogen) atoms. The summed E-state index contributed by atoms with van der Waals surface area (Å²) in [5, 5.41) is 22.3. The molecule has 1 fully saturated rings. The standard InChI is InChI=1S/C14H21NO2/c1-10(11-4-2-6-13(17)8-11)15-14-7-3-5-12(14)9-16/h2,4,6,8,10,12,14-17H,3,5,7,9H2,1H3. The summed E-state index contributed by atoms with van der Waals surface area (Å²) in [5.74, 6) is 0.691. The van der Waals surface area contributed by atoms with Crippen LogP contribution in [0.1, 0.15) is 37.8 Å². The highest BCUT2D eigenvalue weighted by Crippen LogP contribution is 2.28. The first-order valence-corrected chi connectivity index (χ1v) is 6.36. The molecule has 1 aromatic carbocycles. The summed E-state index contributed by atoms with van der Waals surface area (Å²) in [4.78, 5) is 0. The topological polar surface area (TPSA) is 52.5 Å². The average Bonchev–Trinajstić information content (AvgIpc) is 2.76. The molecule has 1 aliphatic carbocycles. The smallest absolute Gasteiger partial charge is 0.115 e. The molecule has 3 atom stereocenters. The third-order valence-electron chi connectivity index (χ3n) is 3.73. The van der Waals surface area contributed by atoms with Gasteiger partial charge in [-0.2, -0.15) is 0 Å². The Morgan fingerprint density at radius 1 is 1.41 bits per heavy atom. The van der Waals surface area contributed by atoms with Crippen LogP contribution in [0, 0.1) is 5.92 Å². The zero-order chi connectivity index (χ0) is 12.3. The Morgan fingerprint density at radius 3 is 2.94 bits per heavy atom. The molecule has 1 saturated carbocycles. The zero-order valence-electron chi connectivity index (χ0n) is 10.3. The van der Waals surface area contributed by atoms with Crippen LogP contribution in [0.4, 0.5) is 0 Å². The lowest BCUT2D eigenvalue weighted by Gasteiger charge is -2.24. The van der Waals surface area contributed by atoms with E-state index >= 15 is 0 Å². The molecule has 3 nitrogen and oxygen atoms in total. The van der Waals surface area contributed by atoms with Gasteiger partial charge in [0.2, 0.25) is 0 Å². The molecule has 0 aromatic heterocycles. The Hall–Kier alpha value is -1.06. The van der Waals surface area contributed by atoms with Gasteiger partial charge in [0.1, 0.15) is 5.75 Å². The first-order chi connectivity index (χ1) is 8.20. The molecular formula is C14H21NO2. The van der Waals surface area contributed by atoms with Gasteiger partial charge in [0, 0.05) is 18.7 Å². The molecule has 3 heteroatoms. The number of hydrogen-bond donors (Lipinski definition) is 3. The number of aliphatic hydroxyl groups excluding tert-OH is 1. The molecule has 0 bridgehead atoms. The summed E-state index contributed by atoms with van der Waals surface area (Å²) in [6, 6.07) is 7.96. The highest BCUT2D eigenvalue weighted by atomic mass is 16.3. The van der Waals surface area contributed by atoms with Gasteiger partial charge in [-0.3, -0.25) is 0 Å². The van der Waals surface area contributed by atoms with Crippen LogP contribution in [0.15, 0.2) is 24.3 Å². The Labute approximate surface area is 102 Å². The largest absolute Gasteiger partial charge is 0.508 e. The van der Waals surface area contributed by atoms with Crippen molar-refractivity contribution >= 4 is 0 Å². The molecule has 0 spiro atoms. The predicted molar refractivity (Wildman–Crippen MR) is 67.9 cm³/mol. The first-order valence-electron chi connectivity index (χ1n) is 6.36. The van der Waals surface area contributed by atoms with Crippen molar-refractivity contribution in [1.82, 2.24) is 5.32 Å². The van der Waals surface area contributed by atoms with Crippen LogP contribution in [-0.4, -0.2) is 22.9 Å². The fourth-order valence-corrected chi connectivity index (χ4v) is 2.69. The summed E-state index contributed by atoms with van der Waals surface area (Å²) >= 11 is 0. The van der Waals surface area contributed by atoms with Crippen LogP contribution in [0.2, 0.25) is 0 Å². The average molecular weight is 235 g/mol. The number of phenolic OH excluding ortho intramolecular Hbond substituents is 1. The lowest BCUT2D eigenvalue weighted by molar-refractivity contribution is 0.200. The highest BCUT2D eigenvalue weighted by molar-refractivity contribution is 5.29.